The molecule has 0 fully saturated rings. The highest BCUT2D eigenvalue weighted by Gasteiger charge is 2.18. The van der Waals surface area contributed by atoms with Gasteiger partial charge in [-0.2, -0.15) is 0 Å². The Kier molecular flexibility index (Phi) is 6.98. The van der Waals surface area contributed by atoms with Crippen molar-refractivity contribution < 1.29 is 24.0 Å². The zero-order chi connectivity index (χ0) is 24.1. The van der Waals surface area contributed by atoms with Gasteiger partial charge < -0.3 is 20.1 Å². The second kappa shape index (κ2) is 10.3. The van der Waals surface area contributed by atoms with Gasteiger partial charge in [0.1, 0.15) is 13.2 Å². The summed E-state index contributed by atoms with van der Waals surface area (Å²) in [6.45, 7) is 2.74. The third kappa shape index (κ3) is 5.65. The van der Waals surface area contributed by atoms with Gasteiger partial charge in [0.25, 0.3) is 11.6 Å². The van der Waals surface area contributed by atoms with Gasteiger partial charge in [0.05, 0.1) is 10.2 Å². The largest absolute Gasteiger partial charge is 0.486 e. The van der Waals surface area contributed by atoms with Gasteiger partial charge in [-0.25, -0.2) is 0 Å². The van der Waals surface area contributed by atoms with Crippen LogP contribution in [0.5, 0.6) is 11.5 Å². The van der Waals surface area contributed by atoms with Crippen molar-refractivity contribution in [3.63, 3.8) is 0 Å². The molecule has 2 N–H and O–H groups in total. The standard InChI is InChI=1S/C24H21N3O6S/c1-15(23(28)25-18-8-9-21-22(14-18)33-11-10-32-21)34-20-7-3-5-17(13-20)26-24(29)16-4-2-6-19(12-16)27(30)31/h2-9,12-15H,10-11H2,1H3,(H,25,28)(H,26,29). The summed E-state index contributed by atoms with van der Waals surface area (Å²) in [7, 11) is 0. The van der Waals surface area contributed by atoms with E-state index in [1.165, 1.54) is 36.0 Å². The number of nitro groups is 1. The van der Waals surface area contributed by atoms with Crippen LogP contribution < -0.4 is 20.1 Å². The Labute approximate surface area is 199 Å². The minimum Gasteiger partial charge on any atom is -0.486 e. The fourth-order valence-corrected chi connectivity index (χ4v) is 4.16. The number of anilines is 2. The van der Waals surface area contributed by atoms with Gasteiger partial charge in [0, 0.05) is 40.0 Å². The molecule has 3 aromatic rings. The molecular formula is C24H21N3O6S. The average Bonchev–Trinajstić information content (AvgIpc) is 2.84. The number of carbonyl (C=O) groups excluding carboxylic acids is 2. The fourth-order valence-electron chi connectivity index (χ4n) is 3.23. The quantitative estimate of drug-likeness (QED) is 0.285. The number of rotatable bonds is 7. The number of benzene rings is 3. The van der Waals surface area contributed by atoms with Crippen LogP contribution in [0.25, 0.3) is 0 Å². The molecule has 0 spiro atoms. The highest BCUT2D eigenvalue weighted by Crippen LogP contribution is 2.33. The minimum atomic E-state index is -0.550. The van der Waals surface area contributed by atoms with Crippen LogP contribution in [0.3, 0.4) is 0 Å². The highest BCUT2D eigenvalue weighted by atomic mass is 32.2. The molecule has 1 aliphatic heterocycles. The van der Waals surface area contributed by atoms with Crippen LogP contribution in [-0.4, -0.2) is 35.2 Å². The van der Waals surface area contributed by atoms with Crippen LogP contribution in [-0.2, 0) is 4.79 Å². The summed E-state index contributed by atoms with van der Waals surface area (Å²) in [4.78, 5) is 36.4. The number of fused-ring (bicyclic) bond motifs is 1. The van der Waals surface area contributed by atoms with E-state index in [9.17, 15) is 19.7 Å². The Morgan fingerprint density at radius 2 is 1.68 bits per heavy atom. The number of carbonyl (C=O) groups is 2. The Hall–Kier alpha value is -4.05. The van der Waals surface area contributed by atoms with Crippen molar-refractivity contribution in [3.8, 4) is 11.5 Å². The molecule has 2 amide bonds. The number of hydrogen-bond donors (Lipinski definition) is 2. The van der Waals surface area contributed by atoms with Crippen molar-refractivity contribution in [1.82, 2.24) is 0 Å². The smallest absolute Gasteiger partial charge is 0.270 e. The predicted octanol–water partition coefficient (Wildman–Crippen LogP) is 4.74. The van der Waals surface area contributed by atoms with E-state index in [4.69, 9.17) is 9.47 Å². The average molecular weight is 480 g/mol. The maximum atomic E-state index is 12.7. The Bertz CT molecular complexity index is 1250. The maximum Gasteiger partial charge on any atom is 0.270 e. The van der Waals surface area contributed by atoms with E-state index in [1.807, 2.05) is 6.07 Å². The van der Waals surface area contributed by atoms with Gasteiger partial charge >= 0.3 is 0 Å². The summed E-state index contributed by atoms with van der Waals surface area (Å²) in [5, 5.41) is 16.1. The number of thioether (sulfide) groups is 1. The van der Waals surface area contributed by atoms with Crippen molar-refractivity contribution in [1.29, 1.82) is 0 Å². The molecule has 1 heterocycles. The minimum absolute atomic E-state index is 0.158. The lowest BCUT2D eigenvalue weighted by molar-refractivity contribution is -0.384. The zero-order valence-electron chi connectivity index (χ0n) is 18.1. The van der Waals surface area contributed by atoms with E-state index in [1.54, 1.807) is 43.3 Å². The molecule has 174 valence electrons. The van der Waals surface area contributed by atoms with Crippen molar-refractivity contribution in [2.45, 2.75) is 17.1 Å². The summed E-state index contributed by atoms with van der Waals surface area (Å²) in [5.74, 6) is 0.593. The number of nitro benzene ring substituents is 1. The molecule has 1 unspecified atom stereocenters. The normalized spacial score (nSPS) is 13.0. The highest BCUT2D eigenvalue weighted by molar-refractivity contribution is 8.00. The Morgan fingerprint density at radius 3 is 2.47 bits per heavy atom. The molecule has 0 aromatic heterocycles. The zero-order valence-corrected chi connectivity index (χ0v) is 19.0. The molecule has 4 rings (SSSR count). The number of ether oxygens (including phenoxy) is 2. The van der Waals surface area contributed by atoms with E-state index in [-0.39, 0.29) is 17.2 Å². The second-order valence-corrected chi connectivity index (χ2v) is 8.81. The first-order valence-electron chi connectivity index (χ1n) is 10.4. The van der Waals surface area contributed by atoms with Gasteiger partial charge in [-0.1, -0.05) is 12.1 Å². The number of nitrogens with zero attached hydrogens (tertiary/aromatic N) is 1. The van der Waals surface area contributed by atoms with Crippen molar-refractivity contribution in [2.75, 3.05) is 23.8 Å². The van der Waals surface area contributed by atoms with E-state index >= 15 is 0 Å². The van der Waals surface area contributed by atoms with Crippen LogP contribution in [0.1, 0.15) is 17.3 Å². The molecular weight excluding hydrogens is 458 g/mol. The van der Waals surface area contributed by atoms with E-state index in [0.29, 0.717) is 36.1 Å². The van der Waals surface area contributed by atoms with Crippen molar-refractivity contribution in [2.24, 2.45) is 0 Å². The molecule has 1 aliphatic rings. The van der Waals surface area contributed by atoms with Gasteiger partial charge in [0.15, 0.2) is 11.5 Å². The van der Waals surface area contributed by atoms with Crippen molar-refractivity contribution >= 4 is 40.6 Å². The topological polar surface area (TPSA) is 120 Å². The first-order valence-corrected chi connectivity index (χ1v) is 11.3. The van der Waals surface area contributed by atoms with Crippen LogP contribution in [0.15, 0.2) is 71.6 Å². The van der Waals surface area contributed by atoms with Crippen molar-refractivity contribution in [3.05, 3.63) is 82.4 Å². The molecule has 0 radical (unpaired) electrons. The fraction of sp³-hybridized carbons (Fsp3) is 0.167. The van der Waals surface area contributed by atoms with Crippen LogP contribution in [0, 0.1) is 10.1 Å². The third-order valence-electron chi connectivity index (χ3n) is 4.90. The number of hydrogen-bond acceptors (Lipinski definition) is 7. The number of non-ortho nitro benzene ring substituents is 1. The molecule has 0 saturated heterocycles. The van der Waals surface area contributed by atoms with Gasteiger partial charge in [-0.15, -0.1) is 11.8 Å². The van der Waals surface area contributed by atoms with Gasteiger partial charge in [-0.3, -0.25) is 19.7 Å². The monoisotopic (exact) mass is 479 g/mol. The lowest BCUT2D eigenvalue weighted by atomic mass is 10.2. The molecule has 0 aliphatic carbocycles. The first-order chi connectivity index (χ1) is 16.4. The first kappa shape index (κ1) is 23.1. The summed E-state index contributed by atoms with van der Waals surface area (Å²) in [6.07, 6.45) is 0. The van der Waals surface area contributed by atoms with Crippen LogP contribution in [0.4, 0.5) is 17.1 Å². The van der Waals surface area contributed by atoms with Crippen LogP contribution >= 0.6 is 11.8 Å². The summed E-state index contributed by atoms with van der Waals surface area (Å²) in [6, 6.07) is 17.8. The summed E-state index contributed by atoms with van der Waals surface area (Å²) in [5.41, 5.74) is 1.15. The second-order valence-electron chi connectivity index (χ2n) is 7.40. The molecule has 1 atom stereocenters. The van der Waals surface area contributed by atoms with Gasteiger partial charge in [-0.05, 0) is 43.3 Å². The molecule has 34 heavy (non-hydrogen) atoms. The van der Waals surface area contributed by atoms with E-state index < -0.39 is 16.1 Å². The Balaban J connectivity index is 1.38. The molecule has 0 bridgehead atoms. The SMILES string of the molecule is CC(Sc1cccc(NC(=O)c2cccc([N+](=O)[O-])c2)c1)C(=O)Nc1ccc2c(c1)OCCO2. The Morgan fingerprint density at radius 1 is 0.941 bits per heavy atom. The summed E-state index contributed by atoms with van der Waals surface area (Å²) >= 11 is 1.33. The van der Waals surface area contributed by atoms with Gasteiger partial charge in [0.2, 0.25) is 5.91 Å². The third-order valence-corrected chi connectivity index (χ3v) is 6.00. The van der Waals surface area contributed by atoms with E-state index in [0.717, 1.165) is 4.90 Å². The molecule has 3 aromatic carbocycles. The van der Waals surface area contributed by atoms with Crippen LogP contribution in [0.2, 0.25) is 0 Å². The number of nitrogens with one attached hydrogen (secondary N) is 2. The molecule has 9 nitrogen and oxygen atoms in total. The maximum absolute atomic E-state index is 12.7. The number of amides is 2. The molecule has 0 saturated carbocycles. The lowest BCUT2D eigenvalue weighted by Gasteiger charge is -2.19. The van der Waals surface area contributed by atoms with E-state index in [2.05, 4.69) is 10.6 Å². The summed E-state index contributed by atoms with van der Waals surface area (Å²) < 4.78 is 11.0. The lowest BCUT2D eigenvalue weighted by Crippen LogP contribution is -2.22. The molecule has 10 heteroatoms. The predicted molar refractivity (Wildman–Crippen MR) is 129 cm³/mol.